The van der Waals surface area contributed by atoms with E-state index in [1.54, 1.807) is 0 Å². The molecular weight excluding hydrogens is 446 g/mol. The minimum absolute atomic E-state index is 0.00859. The zero-order valence-corrected chi connectivity index (χ0v) is 20.7. The Kier molecular flexibility index (Phi) is 18.2. The molecule has 34 heavy (non-hydrogen) atoms. The average Bonchev–Trinajstić information content (AvgIpc) is 3.15. The first kappa shape index (κ1) is 30.2. The summed E-state index contributed by atoms with van der Waals surface area (Å²) in [6, 6.07) is 0. The third kappa shape index (κ3) is 14.4. The van der Waals surface area contributed by atoms with Gasteiger partial charge in [0.25, 0.3) is 11.8 Å². The summed E-state index contributed by atoms with van der Waals surface area (Å²) < 4.78 is 32.2. The molecule has 10 nitrogen and oxygen atoms in total. The summed E-state index contributed by atoms with van der Waals surface area (Å²) in [5.41, 5.74) is 0. The van der Waals surface area contributed by atoms with Gasteiger partial charge in [0.2, 0.25) is 0 Å². The Morgan fingerprint density at radius 1 is 0.735 bits per heavy atom. The quantitative estimate of drug-likeness (QED) is 0.121. The summed E-state index contributed by atoms with van der Waals surface area (Å²) in [5, 5.41) is 0. The van der Waals surface area contributed by atoms with Crippen LogP contribution in [-0.2, 0) is 42.8 Å². The third-order valence-corrected chi connectivity index (χ3v) is 5.05. The largest absolute Gasteiger partial charge is 0.463 e. The third-order valence-electron chi connectivity index (χ3n) is 5.05. The van der Waals surface area contributed by atoms with Gasteiger partial charge in [0.1, 0.15) is 6.61 Å². The van der Waals surface area contributed by atoms with Crippen LogP contribution in [0, 0.1) is 5.92 Å². The predicted molar refractivity (Wildman–Crippen MR) is 124 cm³/mol. The number of nitrogens with zero attached hydrogens (tertiary/aromatic N) is 1. The fourth-order valence-electron chi connectivity index (χ4n) is 3.05. The van der Waals surface area contributed by atoms with Gasteiger partial charge in [0.15, 0.2) is 0 Å². The molecule has 0 aromatic carbocycles. The van der Waals surface area contributed by atoms with Crippen LogP contribution in [0.2, 0.25) is 0 Å². The van der Waals surface area contributed by atoms with Gasteiger partial charge in [-0.2, -0.15) is 0 Å². The Morgan fingerprint density at radius 3 is 1.62 bits per heavy atom. The molecule has 1 aliphatic heterocycles. The molecule has 1 atom stereocenters. The molecule has 0 saturated carbocycles. The first-order valence-corrected chi connectivity index (χ1v) is 12.2. The van der Waals surface area contributed by atoms with E-state index in [9.17, 15) is 14.4 Å². The second-order valence-corrected chi connectivity index (χ2v) is 7.64. The number of carbonyl (C=O) groups is 3. The van der Waals surface area contributed by atoms with Crippen LogP contribution in [-0.4, -0.2) is 102 Å². The van der Waals surface area contributed by atoms with E-state index in [0.29, 0.717) is 59.5 Å². The van der Waals surface area contributed by atoms with Crippen LogP contribution >= 0.6 is 0 Å². The van der Waals surface area contributed by atoms with E-state index in [2.05, 4.69) is 6.92 Å². The number of carbonyl (C=O) groups excluding carboxylic acids is 3. The van der Waals surface area contributed by atoms with Gasteiger partial charge in [0.05, 0.1) is 78.5 Å². The molecule has 0 aromatic rings. The van der Waals surface area contributed by atoms with E-state index < -0.39 is 0 Å². The van der Waals surface area contributed by atoms with Crippen LogP contribution in [0.5, 0.6) is 0 Å². The van der Waals surface area contributed by atoms with Crippen molar-refractivity contribution >= 4 is 17.8 Å². The van der Waals surface area contributed by atoms with E-state index in [-0.39, 0.29) is 43.5 Å². The molecule has 0 radical (unpaired) electrons. The zero-order valence-electron chi connectivity index (χ0n) is 20.7. The smallest absolute Gasteiger partial charge is 0.308 e. The maximum Gasteiger partial charge on any atom is 0.308 e. The van der Waals surface area contributed by atoms with Gasteiger partial charge in [-0.3, -0.25) is 19.3 Å². The van der Waals surface area contributed by atoms with Gasteiger partial charge >= 0.3 is 5.97 Å². The van der Waals surface area contributed by atoms with Gasteiger partial charge in [-0.1, -0.05) is 26.7 Å². The molecule has 0 aliphatic carbocycles. The van der Waals surface area contributed by atoms with Crippen LogP contribution in [0.3, 0.4) is 0 Å². The van der Waals surface area contributed by atoms with Crippen LogP contribution in [0.1, 0.15) is 39.5 Å². The normalized spacial score (nSPS) is 14.2. The number of hydrogen-bond donors (Lipinski definition) is 0. The molecule has 2 amide bonds. The molecule has 0 saturated heterocycles. The van der Waals surface area contributed by atoms with Gasteiger partial charge < -0.3 is 28.4 Å². The lowest BCUT2D eigenvalue weighted by atomic mass is 10.00. The van der Waals surface area contributed by atoms with Crippen molar-refractivity contribution < 1.29 is 42.8 Å². The molecule has 1 unspecified atom stereocenters. The first-order valence-electron chi connectivity index (χ1n) is 12.2. The number of amides is 2. The van der Waals surface area contributed by atoms with E-state index in [1.807, 2.05) is 6.92 Å². The number of rotatable bonds is 23. The van der Waals surface area contributed by atoms with Crippen LogP contribution in [0.4, 0.5) is 0 Å². The number of ether oxygens (including phenoxy) is 6. The monoisotopic (exact) mass is 487 g/mol. The fourth-order valence-corrected chi connectivity index (χ4v) is 3.05. The van der Waals surface area contributed by atoms with Crippen LogP contribution < -0.4 is 0 Å². The summed E-state index contributed by atoms with van der Waals surface area (Å²) >= 11 is 0. The Morgan fingerprint density at radius 2 is 1.18 bits per heavy atom. The number of hydrogen-bond acceptors (Lipinski definition) is 9. The molecule has 1 heterocycles. The Balaban J connectivity index is 1.76. The second-order valence-electron chi connectivity index (χ2n) is 7.64. The van der Waals surface area contributed by atoms with Crippen molar-refractivity contribution in [1.82, 2.24) is 4.90 Å². The summed E-state index contributed by atoms with van der Waals surface area (Å²) in [7, 11) is 0. The molecule has 196 valence electrons. The summed E-state index contributed by atoms with van der Waals surface area (Å²) in [6.45, 7) is 8.75. The lowest BCUT2D eigenvalue weighted by Gasteiger charge is -2.13. The summed E-state index contributed by atoms with van der Waals surface area (Å²) in [5.74, 6) is -0.750. The van der Waals surface area contributed by atoms with Crippen molar-refractivity contribution in [2.75, 3.05) is 79.2 Å². The van der Waals surface area contributed by atoms with Crippen molar-refractivity contribution in [2.24, 2.45) is 5.92 Å². The molecule has 0 N–H and O–H groups in total. The highest BCUT2D eigenvalue weighted by atomic mass is 16.6. The van der Waals surface area contributed by atoms with Crippen molar-refractivity contribution in [3.8, 4) is 0 Å². The molecule has 1 rings (SSSR count). The highest BCUT2D eigenvalue weighted by molar-refractivity contribution is 6.12. The number of esters is 1. The number of unbranched alkanes of at least 4 members (excludes halogenated alkanes) is 1. The number of imide groups is 1. The SMILES string of the molecule is CCCCC(CC)C(=O)OCCOCCOCCOCCOCCOCCN1C(=O)C=CC1=O. The Labute approximate surface area is 202 Å². The minimum atomic E-state index is -0.306. The van der Waals surface area contributed by atoms with Gasteiger partial charge in [-0.05, 0) is 12.8 Å². The Bertz CT molecular complexity index is 579. The fraction of sp³-hybridized carbons (Fsp3) is 0.792. The van der Waals surface area contributed by atoms with Gasteiger partial charge in [0, 0.05) is 12.2 Å². The molecule has 1 aliphatic rings. The van der Waals surface area contributed by atoms with Gasteiger partial charge in [-0.25, -0.2) is 0 Å². The maximum absolute atomic E-state index is 12.0. The maximum atomic E-state index is 12.0. The minimum Gasteiger partial charge on any atom is -0.463 e. The molecule has 0 aromatic heterocycles. The summed E-state index contributed by atoms with van der Waals surface area (Å²) in [6.07, 6.45) is 6.32. The van der Waals surface area contributed by atoms with E-state index >= 15 is 0 Å². The first-order chi connectivity index (χ1) is 16.6. The van der Waals surface area contributed by atoms with Crippen LogP contribution in [0.25, 0.3) is 0 Å². The summed E-state index contributed by atoms with van der Waals surface area (Å²) in [4.78, 5) is 35.8. The van der Waals surface area contributed by atoms with Crippen LogP contribution in [0.15, 0.2) is 12.2 Å². The lowest BCUT2D eigenvalue weighted by Crippen LogP contribution is -2.33. The van der Waals surface area contributed by atoms with E-state index in [4.69, 9.17) is 28.4 Å². The topological polar surface area (TPSA) is 110 Å². The lowest BCUT2D eigenvalue weighted by molar-refractivity contribution is -0.150. The zero-order chi connectivity index (χ0) is 24.9. The standard InChI is InChI=1S/C24H41NO9/c1-3-5-6-21(4-2)24(28)34-20-19-33-18-17-32-16-15-31-14-13-30-12-11-29-10-9-25-22(26)7-8-23(25)27/h7-8,21H,3-6,9-20H2,1-2H3. The second kappa shape index (κ2) is 20.5. The molecule has 0 fully saturated rings. The molecule has 0 bridgehead atoms. The van der Waals surface area contributed by atoms with Crippen molar-refractivity contribution in [1.29, 1.82) is 0 Å². The molecule has 0 spiro atoms. The van der Waals surface area contributed by atoms with E-state index in [1.165, 1.54) is 12.2 Å². The highest BCUT2D eigenvalue weighted by Gasteiger charge is 2.22. The Hall–Kier alpha value is -1.85. The van der Waals surface area contributed by atoms with Crippen molar-refractivity contribution in [3.05, 3.63) is 12.2 Å². The van der Waals surface area contributed by atoms with Gasteiger partial charge in [-0.15, -0.1) is 0 Å². The molecule has 10 heteroatoms. The highest BCUT2D eigenvalue weighted by Crippen LogP contribution is 2.14. The van der Waals surface area contributed by atoms with Crippen molar-refractivity contribution in [3.63, 3.8) is 0 Å². The van der Waals surface area contributed by atoms with Crippen molar-refractivity contribution in [2.45, 2.75) is 39.5 Å². The van der Waals surface area contributed by atoms with E-state index in [0.717, 1.165) is 30.6 Å². The molecular formula is C24H41NO9. The predicted octanol–water partition coefficient (Wildman–Crippen LogP) is 1.75. The average molecular weight is 488 g/mol.